The molecule has 1 amide bonds. The number of nitrogens with zero attached hydrogens (tertiary/aromatic N) is 5. The number of aryl methyl sites for hydroxylation is 1. The number of anilines is 2. The van der Waals surface area contributed by atoms with Gasteiger partial charge in [-0.15, -0.1) is 0 Å². The standard InChI is InChI=1S/C28H33FN8O3/c1-16-11-37(12-17(2)32-16)24-5-4-21(27(38)33-19-8-18-13-36(3)35-25(18)23(29)9-19)26-22(24)10-31-28(34-26)40-15-20-14-39-7-6-30-20/h4-5,8-10,13,16-17,20,30,32H,6-7,11-12,14-15H2,1-3H3,(H,33,38). The average Bonchev–Trinajstić information content (AvgIpc) is 3.32. The first-order valence-corrected chi connectivity index (χ1v) is 13.5. The topological polar surface area (TPSA) is 118 Å². The van der Waals surface area contributed by atoms with Crippen LogP contribution in [0.1, 0.15) is 24.2 Å². The molecule has 2 aromatic heterocycles. The molecule has 0 spiro atoms. The fourth-order valence-corrected chi connectivity index (χ4v) is 5.53. The zero-order valence-corrected chi connectivity index (χ0v) is 22.8. The van der Waals surface area contributed by atoms with Crippen LogP contribution < -0.4 is 25.6 Å². The van der Waals surface area contributed by atoms with Crippen LogP contribution in [0.15, 0.2) is 36.7 Å². The zero-order valence-electron chi connectivity index (χ0n) is 22.8. The first-order chi connectivity index (χ1) is 19.3. The van der Waals surface area contributed by atoms with Gasteiger partial charge in [0, 0.05) is 73.3 Å². The van der Waals surface area contributed by atoms with E-state index in [4.69, 9.17) is 14.5 Å². The highest BCUT2D eigenvalue weighted by Gasteiger charge is 2.25. The maximum Gasteiger partial charge on any atom is 0.316 e. The number of amides is 1. The highest BCUT2D eigenvalue weighted by Crippen LogP contribution is 2.31. The van der Waals surface area contributed by atoms with Gasteiger partial charge in [-0.3, -0.25) is 9.48 Å². The number of nitrogens with one attached hydrogen (secondary N) is 3. The van der Waals surface area contributed by atoms with E-state index in [0.29, 0.717) is 54.1 Å². The van der Waals surface area contributed by atoms with Crippen LogP contribution in [0.25, 0.3) is 21.8 Å². The lowest BCUT2D eigenvalue weighted by Crippen LogP contribution is -2.54. The molecule has 4 aromatic rings. The lowest BCUT2D eigenvalue weighted by atomic mass is 10.0. The van der Waals surface area contributed by atoms with Crippen molar-refractivity contribution in [2.45, 2.75) is 32.0 Å². The Balaban J connectivity index is 1.34. The van der Waals surface area contributed by atoms with Crippen molar-refractivity contribution in [2.24, 2.45) is 7.05 Å². The molecule has 0 aliphatic carbocycles. The minimum Gasteiger partial charge on any atom is -0.462 e. The van der Waals surface area contributed by atoms with Crippen LogP contribution in [-0.2, 0) is 11.8 Å². The summed E-state index contributed by atoms with van der Waals surface area (Å²) in [5.74, 6) is -0.915. The number of ether oxygens (including phenoxy) is 2. The Kier molecular flexibility index (Phi) is 7.22. The SMILES string of the molecule is CC1CN(c2ccc(C(=O)Nc3cc(F)c4nn(C)cc4c3)c3nc(OCC4COCCN4)ncc23)CC(C)N1. The summed E-state index contributed by atoms with van der Waals surface area (Å²) in [4.78, 5) is 25.0. The molecule has 12 heteroatoms. The maximum absolute atomic E-state index is 14.7. The second-order valence-electron chi connectivity index (χ2n) is 10.6. The number of hydrogen-bond donors (Lipinski definition) is 3. The molecule has 6 rings (SSSR count). The lowest BCUT2D eigenvalue weighted by Gasteiger charge is -2.38. The second kappa shape index (κ2) is 11.0. The Hall–Kier alpha value is -3.87. The Morgan fingerprint density at radius 2 is 2.05 bits per heavy atom. The number of piperazine rings is 1. The molecule has 3 unspecified atom stereocenters. The number of aromatic nitrogens is 4. The average molecular weight is 549 g/mol. The first-order valence-electron chi connectivity index (χ1n) is 13.5. The van der Waals surface area contributed by atoms with E-state index in [2.05, 4.69) is 44.8 Å². The van der Waals surface area contributed by atoms with Crippen LogP contribution in [0.5, 0.6) is 6.01 Å². The van der Waals surface area contributed by atoms with Gasteiger partial charge in [-0.1, -0.05) is 0 Å². The van der Waals surface area contributed by atoms with Crippen molar-refractivity contribution in [1.29, 1.82) is 0 Å². The van der Waals surface area contributed by atoms with Crippen LogP contribution in [-0.4, -0.2) is 83.2 Å². The molecule has 210 valence electrons. The third-order valence-corrected chi connectivity index (χ3v) is 7.19. The second-order valence-corrected chi connectivity index (χ2v) is 10.6. The summed E-state index contributed by atoms with van der Waals surface area (Å²) in [5, 5.41) is 15.2. The van der Waals surface area contributed by atoms with Gasteiger partial charge in [0.1, 0.15) is 12.1 Å². The summed E-state index contributed by atoms with van der Waals surface area (Å²) in [6.07, 6.45) is 3.42. The molecule has 2 saturated heterocycles. The van der Waals surface area contributed by atoms with Crippen LogP contribution in [0.4, 0.5) is 15.8 Å². The summed E-state index contributed by atoms with van der Waals surface area (Å²) < 4.78 is 27.6. The molecule has 0 saturated carbocycles. The largest absolute Gasteiger partial charge is 0.462 e. The molecule has 0 radical (unpaired) electrons. The van der Waals surface area contributed by atoms with E-state index >= 15 is 0 Å². The molecular weight excluding hydrogens is 515 g/mol. The molecule has 2 aromatic carbocycles. The minimum atomic E-state index is -0.506. The molecule has 2 aliphatic heterocycles. The summed E-state index contributed by atoms with van der Waals surface area (Å²) in [7, 11) is 1.72. The Morgan fingerprint density at radius 1 is 1.23 bits per heavy atom. The van der Waals surface area contributed by atoms with E-state index in [-0.39, 0.29) is 17.6 Å². The van der Waals surface area contributed by atoms with Gasteiger partial charge in [0.15, 0.2) is 5.82 Å². The smallest absolute Gasteiger partial charge is 0.316 e. The van der Waals surface area contributed by atoms with E-state index in [9.17, 15) is 9.18 Å². The van der Waals surface area contributed by atoms with Gasteiger partial charge in [-0.25, -0.2) is 9.37 Å². The predicted molar refractivity (Wildman–Crippen MR) is 151 cm³/mol. The van der Waals surface area contributed by atoms with E-state index < -0.39 is 11.7 Å². The zero-order chi connectivity index (χ0) is 27.8. The normalized spacial score (nSPS) is 21.6. The fraction of sp³-hybridized carbons (Fsp3) is 0.429. The van der Waals surface area contributed by atoms with Crippen molar-refractivity contribution in [3.8, 4) is 6.01 Å². The van der Waals surface area contributed by atoms with Gasteiger partial charge in [0.05, 0.1) is 30.3 Å². The van der Waals surface area contributed by atoms with E-state index in [1.807, 2.05) is 6.07 Å². The number of fused-ring (bicyclic) bond motifs is 2. The van der Waals surface area contributed by atoms with Crippen molar-refractivity contribution in [1.82, 2.24) is 30.4 Å². The number of halogens is 1. The summed E-state index contributed by atoms with van der Waals surface area (Å²) in [6.45, 7) is 8.22. The van der Waals surface area contributed by atoms with Crippen molar-refractivity contribution < 1.29 is 18.7 Å². The maximum atomic E-state index is 14.7. The molecular formula is C28H33FN8O3. The third-order valence-electron chi connectivity index (χ3n) is 7.19. The Morgan fingerprint density at radius 3 is 2.83 bits per heavy atom. The number of carbonyl (C=O) groups is 1. The van der Waals surface area contributed by atoms with Gasteiger partial charge in [-0.05, 0) is 38.1 Å². The third kappa shape index (κ3) is 5.42. The Bertz CT molecular complexity index is 1540. The van der Waals surface area contributed by atoms with E-state index in [0.717, 1.165) is 30.7 Å². The van der Waals surface area contributed by atoms with Crippen molar-refractivity contribution in [3.05, 3.63) is 48.0 Å². The van der Waals surface area contributed by atoms with Gasteiger partial charge >= 0.3 is 6.01 Å². The number of benzene rings is 2. The summed E-state index contributed by atoms with van der Waals surface area (Å²) >= 11 is 0. The number of morpholine rings is 1. The lowest BCUT2D eigenvalue weighted by molar-refractivity contribution is 0.0577. The van der Waals surface area contributed by atoms with Crippen LogP contribution in [0.3, 0.4) is 0 Å². The van der Waals surface area contributed by atoms with Gasteiger partial charge < -0.3 is 30.3 Å². The van der Waals surface area contributed by atoms with Crippen molar-refractivity contribution >= 4 is 39.1 Å². The predicted octanol–water partition coefficient (Wildman–Crippen LogP) is 2.46. The van der Waals surface area contributed by atoms with Crippen LogP contribution in [0, 0.1) is 5.82 Å². The quantitative estimate of drug-likeness (QED) is 0.334. The van der Waals surface area contributed by atoms with Crippen LogP contribution >= 0.6 is 0 Å². The Labute approximate surface area is 231 Å². The number of rotatable bonds is 6. The molecule has 11 nitrogen and oxygen atoms in total. The van der Waals surface area contributed by atoms with Crippen LogP contribution in [0.2, 0.25) is 0 Å². The highest BCUT2D eigenvalue weighted by molar-refractivity contribution is 6.14. The molecule has 2 fully saturated rings. The van der Waals surface area contributed by atoms with Crippen molar-refractivity contribution in [2.75, 3.05) is 49.7 Å². The molecule has 2 aliphatic rings. The molecule has 3 atom stereocenters. The summed E-state index contributed by atoms with van der Waals surface area (Å²) in [6, 6.07) is 7.47. The fourth-order valence-electron chi connectivity index (χ4n) is 5.53. The molecule has 40 heavy (non-hydrogen) atoms. The molecule has 0 bridgehead atoms. The van der Waals surface area contributed by atoms with E-state index in [1.165, 1.54) is 10.7 Å². The van der Waals surface area contributed by atoms with Gasteiger partial charge in [-0.2, -0.15) is 10.1 Å². The van der Waals surface area contributed by atoms with Crippen molar-refractivity contribution in [3.63, 3.8) is 0 Å². The molecule has 4 heterocycles. The van der Waals surface area contributed by atoms with E-state index in [1.54, 1.807) is 31.6 Å². The van der Waals surface area contributed by atoms with Gasteiger partial charge in [0.25, 0.3) is 5.91 Å². The minimum absolute atomic E-state index is 0.0308. The van der Waals surface area contributed by atoms with Gasteiger partial charge in [0.2, 0.25) is 0 Å². The first kappa shape index (κ1) is 26.4. The monoisotopic (exact) mass is 548 g/mol. The summed E-state index contributed by atoms with van der Waals surface area (Å²) in [5.41, 5.74) is 2.34. The highest BCUT2D eigenvalue weighted by atomic mass is 19.1. The molecule has 3 N–H and O–H groups in total. The number of carbonyl (C=O) groups excluding carboxylic acids is 1. The number of hydrogen-bond acceptors (Lipinski definition) is 9.